The fraction of sp³-hybridized carbons (Fsp3) is 0.875. The van der Waals surface area contributed by atoms with Gasteiger partial charge in [0.05, 0.1) is 13.2 Å². The molecule has 70 valence electrons. The highest BCUT2D eigenvalue weighted by Crippen LogP contribution is 2.29. The van der Waals surface area contributed by atoms with E-state index in [0.717, 1.165) is 0 Å². The van der Waals surface area contributed by atoms with Crippen molar-refractivity contribution in [2.75, 3.05) is 20.3 Å². The minimum Gasteiger partial charge on any atom is -0.479 e. The summed E-state index contributed by atoms with van der Waals surface area (Å²) in [7, 11) is 1.47. The summed E-state index contributed by atoms with van der Waals surface area (Å²) in [5, 5.41) is 8.63. The molecule has 1 aliphatic carbocycles. The van der Waals surface area contributed by atoms with E-state index in [0.29, 0.717) is 12.5 Å². The molecule has 0 aromatic carbocycles. The van der Waals surface area contributed by atoms with Crippen LogP contribution in [0.25, 0.3) is 0 Å². The van der Waals surface area contributed by atoms with Gasteiger partial charge in [-0.25, -0.2) is 4.79 Å². The third-order valence-electron chi connectivity index (χ3n) is 1.82. The molecule has 0 aromatic rings. The maximum atomic E-state index is 10.5. The van der Waals surface area contributed by atoms with Crippen molar-refractivity contribution in [3.05, 3.63) is 0 Å². The van der Waals surface area contributed by atoms with Gasteiger partial charge in [-0.15, -0.1) is 0 Å². The number of carboxylic acid groups (broad SMARTS) is 1. The number of rotatable bonds is 6. The summed E-state index contributed by atoms with van der Waals surface area (Å²) < 4.78 is 9.86. The highest BCUT2D eigenvalue weighted by Gasteiger charge is 2.25. The fourth-order valence-electron chi connectivity index (χ4n) is 0.879. The van der Waals surface area contributed by atoms with Crippen LogP contribution < -0.4 is 0 Å². The summed E-state index contributed by atoms with van der Waals surface area (Å²) >= 11 is 0. The summed E-state index contributed by atoms with van der Waals surface area (Å²) in [6.45, 7) is 0.683. The minimum absolute atomic E-state index is 0.127. The van der Waals surface area contributed by atoms with Crippen molar-refractivity contribution in [1.82, 2.24) is 0 Å². The largest absolute Gasteiger partial charge is 0.479 e. The molecule has 0 spiro atoms. The second-order valence-corrected chi connectivity index (χ2v) is 3.06. The van der Waals surface area contributed by atoms with Crippen LogP contribution in [0.1, 0.15) is 12.8 Å². The molecule has 4 heteroatoms. The Morgan fingerprint density at radius 2 is 2.33 bits per heavy atom. The van der Waals surface area contributed by atoms with Gasteiger partial charge in [0.15, 0.2) is 6.10 Å². The van der Waals surface area contributed by atoms with Gasteiger partial charge >= 0.3 is 5.97 Å². The summed E-state index contributed by atoms with van der Waals surface area (Å²) in [4.78, 5) is 10.5. The van der Waals surface area contributed by atoms with Gasteiger partial charge in [0, 0.05) is 7.11 Å². The molecule has 0 aliphatic heterocycles. The molecule has 1 fully saturated rings. The Kier molecular flexibility index (Phi) is 3.49. The Morgan fingerprint density at radius 1 is 1.67 bits per heavy atom. The molecule has 12 heavy (non-hydrogen) atoms. The molecule has 4 nitrogen and oxygen atoms in total. The monoisotopic (exact) mass is 174 g/mol. The van der Waals surface area contributed by atoms with Crippen molar-refractivity contribution in [2.24, 2.45) is 5.92 Å². The molecule has 1 aliphatic rings. The van der Waals surface area contributed by atoms with Gasteiger partial charge in [-0.1, -0.05) is 0 Å². The molecular weight excluding hydrogens is 160 g/mol. The van der Waals surface area contributed by atoms with Crippen LogP contribution >= 0.6 is 0 Å². The first-order valence-corrected chi connectivity index (χ1v) is 4.07. The molecular formula is C8H14O4. The second kappa shape index (κ2) is 4.42. The van der Waals surface area contributed by atoms with Crippen LogP contribution in [0, 0.1) is 5.92 Å². The van der Waals surface area contributed by atoms with Crippen molar-refractivity contribution in [3.8, 4) is 0 Å². The quantitative estimate of drug-likeness (QED) is 0.637. The summed E-state index contributed by atoms with van der Waals surface area (Å²) in [6.07, 6.45) is 1.54. The van der Waals surface area contributed by atoms with Gasteiger partial charge in [0.25, 0.3) is 0 Å². The van der Waals surface area contributed by atoms with Gasteiger partial charge in [0.1, 0.15) is 0 Å². The third kappa shape index (κ3) is 3.19. The van der Waals surface area contributed by atoms with Crippen LogP contribution in [0.5, 0.6) is 0 Å². The zero-order valence-corrected chi connectivity index (χ0v) is 7.16. The molecule has 0 saturated heterocycles. The first-order chi connectivity index (χ1) is 5.74. The maximum absolute atomic E-state index is 10.5. The molecule has 1 atom stereocenters. The van der Waals surface area contributed by atoms with Gasteiger partial charge in [0.2, 0.25) is 0 Å². The SMILES string of the molecule is COCC(OCC1CC1)C(=O)O. The highest BCUT2D eigenvalue weighted by molar-refractivity contribution is 5.72. The standard InChI is InChI=1S/C8H14O4/c1-11-5-7(8(9)10)12-4-6-2-3-6/h6-7H,2-5H2,1H3,(H,9,10). The zero-order valence-electron chi connectivity index (χ0n) is 7.16. The van der Waals surface area contributed by atoms with Gasteiger partial charge in [-0.2, -0.15) is 0 Å². The summed E-state index contributed by atoms with van der Waals surface area (Å²) in [6, 6.07) is 0. The van der Waals surface area contributed by atoms with Gasteiger partial charge < -0.3 is 14.6 Å². The Labute approximate surface area is 71.5 Å². The van der Waals surface area contributed by atoms with Crippen LogP contribution in [-0.4, -0.2) is 37.5 Å². The number of ether oxygens (including phenoxy) is 2. The van der Waals surface area contributed by atoms with Gasteiger partial charge in [-0.05, 0) is 18.8 Å². The molecule has 0 radical (unpaired) electrons. The highest BCUT2D eigenvalue weighted by atomic mass is 16.5. The lowest BCUT2D eigenvalue weighted by molar-refractivity contribution is -0.154. The van der Waals surface area contributed by atoms with Crippen molar-refractivity contribution in [2.45, 2.75) is 18.9 Å². The number of hydrogen-bond donors (Lipinski definition) is 1. The Morgan fingerprint density at radius 3 is 2.75 bits per heavy atom. The van der Waals surface area contributed by atoms with Crippen molar-refractivity contribution in [3.63, 3.8) is 0 Å². The first-order valence-electron chi connectivity index (χ1n) is 4.07. The van der Waals surface area contributed by atoms with E-state index in [1.54, 1.807) is 0 Å². The Hall–Kier alpha value is -0.610. The van der Waals surface area contributed by atoms with Crippen LogP contribution in [-0.2, 0) is 14.3 Å². The molecule has 1 rings (SSSR count). The van der Waals surface area contributed by atoms with Crippen molar-refractivity contribution in [1.29, 1.82) is 0 Å². The van der Waals surface area contributed by atoms with Gasteiger partial charge in [-0.3, -0.25) is 0 Å². The van der Waals surface area contributed by atoms with E-state index < -0.39 is 12.1 Å². The number of methoxy groups -OCH3 is 1. The maximum Gasteiger partial charge on any atom is 0.335 e. The van der Waals surface area contributed by atoms with E-state index in [4.69, 9.17) is 14.6 Å². The smallest absolute Gasteiger partial charge is 0.335 e. The Bertz CT molecular complexity index is 153. The molecule has 1 saturated carbocycles. The van der Waals surface area contributed by atoms with Crippen LogP contribution in [0.3, 0.4) is 0 Å². The molecule has 0 aromatic heterocycles. The number of hydrogen-bond acceptors (Lipinski definition) is 3. The normalized spacial score (nSPS) is 19.1. The molecule has 0 bridgehead atoms. The molecule has 0 amide bonds. The predicted octanol–water partition coefficient (Wildman–Crippen LogP) is 0.513. The molecule has 1 N–H and O–H groups in total. The van der Waals surface area contributed by atoms with E-state index in [2.05, 4.69) is 0 Å². The molecule has 0 heterocycles. The lowest BCUT2D eigenvalue weighted by Crippen LogP contribution is -2.29. The third-order valence-corrected chi connectivity index (χ3v) is 1.82. The predicted molar refractivity (Wildman–Crippen MR) is 42.0 cm³/mol. The fourth-order valence-corrected chi connectivity index (χ4v) is 0.879. The van der Waals surface area contributed by atoms with E-state index in [1.807, 2.05) is 0 Å². The van der Waals surface area contributed by atoms with Crippen LogP contribution in [0.15, 0.2) is 0 Å². The van der Waals surface area contributed by atoms with Crippen molar-refractivity contribution < 1.29 is 19.4 Å². The van der Waals surface area contributed by atoms with Crippen molar-refractivity contribution >= 4 is 5.97 Å². The first kappa shape index (κ1) is 9.48. The lowest BCUT2D eigenvalue weighted by atomic mass is 10.4. The lowest BCUT2D eigenvalue weighted by Gasteiger charge is -2.11. The number of carbonyl (C=O) groups is 1. The summed E-state index contributed by atoms with van der Waals surface area (Å²) in [5.74, 6) is -0.360. The Balaban J connectivity index is 2.16. The second-order valence-electron chi connectivity index (χ2n) is 3.06. The average Bonchev–Trinajstić information content (AvgIpc) is 2.80. The average molecular weight is 174 g/mol. The van der Waals surface area contributed by atoms with E-state index >= 15 is 0 Å². The van der Waals surface area contributed by atoms with E-state index in [9.17, 15) is 4.79 Å². The van der Waals surface area contributed by atoms with Crippen LogP contribution in [0.4, 0.5) is 0 Å². The van der Waals surface area contributed by atoms with E-state index in [1.165, 1.54) is 20.0 Å². The zero-order chi connectivity index (χ0) is 8.97. The van der Waals surface area contributed by atoms with Crippen LogP contribution in [0.2, 0.25) is 0 Å². The molecule has 1 unspecified atom stereocenters. The minimum atomic E-state index is -0.947. The summed E-state index contributed by atoms with van der Waals surface area (Å²) in [5.41, 5.74) is 0. The topological polar surface area (TPSA) is 55.8 Å². The van der Waals surface area contributed by atoms with E-state index in [-0.39, 0.29) is 6.61 Å². The number of carboxylic acids is 1. The number of aliphatic carboxylic acids is 1.